The molecule has 0 aromatic heterocycles. The van der Waals surface area contributed by atoms with Crippen LogP contribution in [0.4, 0.5) is 0 Å². The van der Waals surface area contributed by atoms with Gasteiger partial charge in [0.1, 0.15) is 0 Å². The Hall–Kier alpha value is -0.570. The summed E-state index contributed by atoms with van der Waals surface area (Å²) >= 11 is 0. The van der Waals surface area contributed by atoms with Gasteiger partial charge in [0, 0.05) is 6.54 Å². The maximum atomic E-state index is 11.4. The predicted octanol–water partition coefficient (Wildman–Crippen LogP) is 3.39. The number of carboxylic acid groups (broad SMARTS) is 1. The van der Waals surface area contributed by atoms with Crippen molar-refractivity contribution in [3.8, 4) is 0 Å². The minimum atomic E-state index is -0.643. The van der Waals surface area contributed by atoms with Crippen molar-refractivity contribution in [3.05, 3.63) is 0 Å². The monoisotopic (exact) mass is 267 g/mol. The molecule has 3 heteroatoms. The van der Waals surface area contributed by atoms with Gasteiger partial charge >= 0.3 is 5.97 Å². The summed E-state index contributed by atoms with van der Waals surface area (Å²) in [5.41, 5.74) is -0.577. The van der Waals surface area contributed by atoms with E-state index in [1.165, 1.54) is 45.2 Å². The molecule has 2 aliphatic rings. The Morgan fingerprint density at radius 3 is 2.53 bits per heavy atom. The number of nitrogens with zero attached hydrogens (tertiary/aromatic N) is 1. The first-order valence-corrected chi connectivity index (χ1v) is 7.96. The molecule has 1 atom stereocenters. The smallest absolute Gasteiger partial charge is 0.309 e. The van der Waals surface area contributed by atoms with Crippen molar-refractivity contribution in [1.82, 2.24) is 4.90 Å². The normalized spacial score (nSPS) is 26.7. The van der Waals surface area contributed by atoms with Gasteiger partial charge in [0.05, 0.1) is 5.41 Å². The lowest BCUT2D eigenvalue weighted by Gasteiger charge is -2.39. The Morgan fingerprint density at radius 2 is 1.89 bits per heavy atom. The van der Waals surface area contributed by atoms with E-state index < -0.39 is 11.4 Å². The minimum Gasteiger partial charge on any atom is -0.481 e. The molecule has 1 saturated heterocycles. The van der Waals surface area contributed by atoms with Crippen LogP contribution in [-0.2, 0) is 4.79 Å². The number of hydrogen-bond donors (Lipinski definition) is 1. The fraction of sp³-hybridized carbons (Fsp3) is 0.938. The Kier molecular flexibility index (Phi) is 4.88. The van der Waals surface area contributed by atoms with Crippen LogP contribution < -0.4 is 0 Å². The van der Waals surface area contributed by atoms with Crippen molar-refractivity contribution < 1.29 is 9.90 Å². The molecule has 1 N–H and O–H groups in total. The summed E-state index contributed by atoms with van der Waals surface area (Å²) in [5, 5.41) is 9.36. The average Bonchev–Trinajstić information content (AvgIpc) is 2.89. The third kappa shape index (κ3) is 3.71. The van der Waals surface area contributed by atoms with Gasteiger partial charge in [0.25, 0.3) is 0 Å². The van der Waals surface area contributed by atoms with Gasteiger partial charge in [0.15, 0.2) is 0 Å². The zero-order valence-electron chi connectivity index (χ0n) is 12.5. The van der Waals surface area contributed by atoms with Crippen LogP contribution in [0.3, 0.4) is 0 Å². The second-order valence-electron chi connectivity index (χ2n) is 7.11. The van der Waals surface area contributed by atoms with Crippen molar-refractivity contribution in [3.63, 3.8) is 0 Å². The van der Waals surface area contributed by atoms with Gasteiger partial charge in [-0.05, 0) is 58.0 Å². The molecule has 1 saturated carbocycles. The first kappa shape index (κ1) is 14.8. The maximum Gasteiger partial charge on any atom is 0.309 e. The van der Waals surface area contributed by atoms with E-state index in [1.54, 1.807) is 0 Å². The molecule has 0 aromatic rings. The largest absolute Gasteiger partial charge is 0.481 e. The lowest BCUT2D eigenvalue weighted by Crippen LogP contribution is -2.45. The summed E-state index contributed by atoms with van der Waals surface area (Å²) < 4.78 is 0. The molecule has 1 aliphatic carbocycles. The molecule has 2 rings (SSSR count). The van der Waals surface area contributed by atoms with Crippen LogP contribution in [0.25, 0.3) is 0 Å². The van der Waals surface area contributed by atoms with E-state index in [-0.39, 0.29) is 0 Å². The molecule has 0 radical (unpaired) electrons. The molecular weight excluding hydrogens is 238 g/mol. The van der Waals surface area contributed by atoms with E-state index in [9.17, 15) is 9.90 Å². The number of rotatable bonds is 5. The van der Waals surface area contributed by atoms with Gasteiger partial charge in [-0.3, -0.25) is 4.79 Å². The van der Waals surface area contributed by atoms with Crippen LogP contribution in [0, 0.1) is 17.3 Å². The van der Waals surface area contributed by atoms with E-state index in [4.69, 9.17) is 0 Å². The summed E-state index contributed by atoms with van der Waals surface area (Å²) in [6.07, 6.45) is 9.21. The van der Waals surface area contributed by atoms with Gasteiger partial charge in [-0.2, -0.15) is 0 Å². The highest BCUT2D eigenvalue weighted by atomic mass is 16.4. The van der Waals surface area contributed by atoms with E-state index in [2.05, 4.69) is 4.90 Å². The quantitative estimate of drug-likeness (QED) is 0.830. The van der Waals surface area contributed by atoms with Crippen LogP contribution in [0.5, 0.6) is 0 Å². The highest BCUT2D eigenvalue weighted by molar-refractivity contribution is 5.74. The van der Waals surface area contributed by atoms with Crippen molar-refractivity contribution >= 4 is 5.97 Å². The zero-order chi connectivity index (χ0) is 13.9. The Balaban J connectivity index is 1.81. The highest BCUT2D eigenvalue weighted by Crippen LogP contribution is 2.35. The molecule has 19 heavy (non-hydrogen) atoms. The Morgan fingerprint density at radius 1 is 1.21 bits per heavy atom. The van der Waals surface area contributed by atoms with Gasteiger partial charge in [-0.25, -0.2) is 0 Å². The zero-order valence-corrected chi connectivity index (χ0v) is 12.5. The molecule has 110 valence electrons. The summed E-state index contributed by atoms with van der Waals surface area (Å²) in [6, 6.07) is 0. The standard InChI is InChI=1S/C16H29NO2/c1-16(2,15(18)19)14-8-5-10-17(12-14)11-9-13-6-3-4-7-13/h13-14H,3-12H2,1-2H3,(H,18,19). The molecule has 2 fully saturated rings. The Bertz CT molecular complexity index is 308. The first-order valence-electron chi connectivity index (χ1n) is 7.96. The lowest BCUT2D eigenvalue weighted by molar-refractivity contribution is -0.151. The fourth-order valence-electron chi connectivity index (χ4n) is 3.69. The van der Waals surface area contributed by atoms with Crippen molar-refractivity contribution in [2.75, 3.05) is 19.6 Å². The molecule has 1 heterocycles. The molecule has 0 aromatic carbocycles. The second kappa shape index (κ2) is 6.25. The molecule has 3 nitrogen and oxygen atoms in total. The summed E-state index contributed by atoms with van der Waals surface area (Å²) in [7, 11) is 0. The van der Waals surface area contributed by atoms with Crippen LogP contribution in [-0.4, -0.2) is 35.6 Å². The fourth-order valence-corrected chi connectivity index (χ4v) is 3.69. The second-order valence-corrected chi connectivity index (χ2v) is 7.11. The van der Waals surface area contributed by atoms with E-state index >= 15 is 0 Å². The first-order chi connectivity index (χ1) is 9.00. The summed E-state index contributed by atoms with van der Waals surface area (Å²) in [4.78, 5) is 13.9. The molecule has 0 bridgehead atoms. The molecule has 0 amide bonds. The maximum absolute atomic E-state index is 11.4. The van der Waals surface area contributed by atoms with Crippen LogP contribution in [0.15, 0.2) is 0 Å². The number of likely N-dealkylation sites (tertiary alicyclic amines) is 1. The van der Waals surface area contributed by atoms with Gasteiger partial charge in [0.2, 0.25) is 0 Å². The van der Waals surface area contributed by atoms with Crippen LogP contribution in [0.1, 0.15) is 58.8 Å². The van der Waals surface area contributed by atoms with Crippen LogP contribution in [0.2, 0.25) is 0 Å². The molecule has 1 unspecified atom stereocenters. The van der Waals surface area contributed by atoms with Gasteiger partial charge < -0.3 is 10.0 Å². The molecule has 1 aliphatic heterocycles. The number of carbonyl (C=O) groups is 1. The lowest BCUT2D eigenvalue weighted by atomic mass is 9.74. The van der Waals surface area contributed by atoms with Gasteiger partial charge in [-0.15, -0.1) is 0 Å². The van der Waals surface area contributed by atoms with Crippen molar-refractivity contribution in [1.29, 1.82) is 0 Å². The third-order valence-electron chi connectivity index (χ3n) is 5.41. The van der Waals surface area contributed by atoms with Crippen molar-refractivity contribution in [2.45, 2.75) is 58.8 Å². The molecule has 0 spiro atoms. The summed E-state index contributed by atoms with van der Waals surface area (Å²) in [6.45, 7) is 7.10. The predicted molar refractivity (Wildman–Crippen MR) is 77.2 cm³/mol. The Labute approximate surface area is 117 Å². The number of carboxylic acids is 1. The molecular formula is C16H29NO2. The van der Waals surface area contributed by atoms with E-state index in [0.717, 1.165) is 25.3 Å². The van der Waals surface area contributed by atoms with Crippen molar-refractivity contribution in [2.24, 2.45) is 17.3 Å². The third-order valence-corrected chi connectivity index (χ3v) is 5.41. The SMILES string of the molecule is CC(C)(C(=O)O)C1CCCN(CCC2CCCC2)C1. The van der Waals surface area contributed by atoms with E-state index in [0.29, 0.717) is 5.92 Å². The number of hydrogen-bond acceptors (Lipinski definition) is 2. The highest BCUT2D eigenvalue weighted by Gasteiger charge is 2.38. The minimum absolute atomic E-state index is 0.308. The van der Waals surface area contributed by atoms with Gasteiger partial charge in [-0.1, -0.05) is 25.7 Å². The van der Waals surface area contributed by atoms with Crippen LogP contribution >= 0.6 is 0 Å². The average molecular weight is 267 g/mol. The van der Waals surface area contributed by atoms with E-state index in [1.807, 2.05) is 13.8 Å². The topological polar surface area (TPSA) is 40.5 Å². The summed E-state index contributed by atoms with van der Waals surface area (Å²) in [5.74, 6) is 0.602. The number of aliphatic carboxylic acids is 1. The number of piperidine rings is 1.